The van der Waals surface area contributed by atoms with E-state index >= 15 is 0 Å². The van der Waals surface area contributed by atoms with E-state index in [0.717, 1.165) is 0 Å². The van der Waals surface area contributed by atoms with E-state index in [4.69, 9.17) is 18.9 Å². The lowest BCUT2D eigenvalue weighted by atomic mass is 9.80. The average Bonchev–Trinajstić information content (AvgIpc) is 2.78. The quantitative estimate of drug-likeness (QED) is 0.551. The van der Waals surface area contributed by atoms with Crippen LogP contribution in [0.15, 0.2) is 4.99 Å². The third kappa shape index (κ3) is 4.20. The van der Waals surface area contributed by atoms with Crippen molar-refractivity contribution in [1.29, 1.82) is 0 Å². The molecule has 0 aromatic heterocycles. The highest BCUT2D eigenvalue weighted by Crippen LogP contribution is 2.36. The molecule has 0 N–H and O–H groups in total. The molecule has 128 valence electrons. The second-order valence-electron chi connectivity index (χ2n) is 5.74. The molecule has 0 aromatic carbocycles. The van der Waals surface area contributed by atoms with Gasteiger partial charge in [0.15, 0.2) is 12.0 Å². The zero-order chi connectivity index (χ0) is 17.1. The van der Waals surface area contributed by atoms with Gasteiger partial charge in [-0.2, -0.15) is 0 Å². The van der Waals surface area contributed by atoms with Gasteiger partial charge in [-0.25, -0.2) is 4.99 Å². The average molecular weight is 327 g/mol. The number of hydrogen-bond acceptors (Lipinski definition) is 8. The first-order chi connectivity index (χ1) is 10.8. The summed E-state index contributed by atoms with van der Waals surface area (Å²) in [6.45, 7) is 5.62. The van der Waals surface area contributed by atoms with Crippen LogP contribution in [0.3, 0.4) is 0 Å². The van der Waals surface area contributed by atoms with Gasteiger partial charge in [0, 0.05) is 33.6 Å². The Hall–Kier alpha value is -2.12. The van der Waals surface area contributed by atoms with Crippen LogP contribution in [-0.4, -0.2) is 54.8 Å². The van der Waals surface area contributed by atoms with Crippen LogP contribution in [0.2, 0.25) is 0 Å². The molecule has 0 radical (unpaired) electrons. The normalized spacial score (nSPS) is 32.2. The van der Waals surface area contributed by atoms with Gasteiger partial charge < -0.3 is 18.9 Å². The number of nitrogens with zero attached hydrogens (tertiary/aromatic N) is 1. The predicted octanol–water partition coefficient (Wildman–Crippen LogP) is 0.619. The van der Waals surface area contributed by atoms with E-state index in [0.29, 0.717) is 12.3 Å². The summed E-state index contributed by atoms with van der Waals surface area (Å²) in [6, 6.07) is -0.433. The van der Waals surface area contributed by atoms with Crippen LogP contribution in [0.5, 0.6) is 0 Å². The van der Waals surface area contributed by atoms with Gasteiger partial charge in [0.25, 0.3) is 0 Å². The van der Waals surface area contributed by atoms with Gasteiger partial charge >= 0.3 is 17.9 Å². The second kappa shape index (κ2) is 6.97. The Labute approximate surface area is 134 Å². The van der Waals surface area contributed by atoms with Crippen molar-refractivity contribution in [3.8, 4) is 0 Å². The second-order valence-corrected chi connectivity index (χ2v) is 5.74. The third-order valence-corrected chi connectivity index (χ3v) is 3.80. The first kappa shape index (κ1) is 17.2. The SMILES string of the molecule is CC(=O)OCC1C[C@@H]2OC(C)=N[C@H]2C(OC(C)=O)[C@H]1OC(C)=O. The maximum absolute atomic E-state index is 11.4. The molecule has 23 heavy (non-hydrogen) atoms. The summed E-state index contributed by atoms with van der Waals surface area (Å²) >= 11 is 0. The largest absolute Gasteiger partial charge is 0.476 e. The highest BCUT2D eigenvalue weighted by atomic mass is 16.6. The Morgan fingerprint density at radius 2 is 1.70 bits per heavy atom. The fraction of sp³-hybridized carbons (Fsp3) is 0.733. The highest BCUT2D eigenvalue weighted by molar-refractivity contribution is 5.75. The fourth-order valence-corrected chi connectivity index (χ4v) is 3.05. The first-order valence-corrected chi connectivity index (χ1v) is 7.46. The lowest BCUT2D eigenvalue weighted by Crippen LogP contribution is -2.56. The van der Waals surface area contributed by atoms with Crippen LogP contribution < -0.4 is 0 Å². The van der Waals surface area contributed by atoms with Gasteiger partial charge in [0.05, 0.1) is 6.61 Å². The molecular formula is C15H21NO7. The number of rotatable bonds is 4. The summed E-state index contributed by atoms with van der Waals surface area (Å²) in [6.07, 6.45) is -1.33. The smallest absolute Gasteiger partial charge is 0.303 e. The maximum atomic E-state index is 11.4. The molecule has 1 aliphatic carbocycles. The van der Waals surface area contributed by atoms with Crippen molar-refractivity contribution in [2.75, 3.05) is 6.61 Å². The van der Waals surface area contributed by atoms with Gasteiger partial charge in [0.2, 0.25) is 0 Å². The molecule has 0 bridgehead atoms. The van der Waals surface area contributed by atoms with Crippen molar-refractivity contribution in [1.82, 2.24) is 0 Å². The monoisotopic (exact) mass is 327 g/mol. The number of esters is 3. The summed E-state index contributed by atoms with van der Waals surface area (Å²) in [7, 11) is 0. The van der Waals surface area contributed by atoms with Crippen LogP contribution in [0.1, 0.15) is 34.1 Å². The zero-order valence-corrected chi connectivity index (χ0v) is 13.6. The summed E-state index contributed by atoms with van der Waals surface area (Å²) in [5.74, 6) is -1.28. The van der Waals surface area contributed by atoms with E-state index in [1.54, 1.807) is 6.92 Å². The molecule has 2 rings (SSSR count). The Morgan fingerprint density at radius 3 is 2.26 bits per heavy atom. The lowest BCUT2D eigenvalue weighted by molar-refractivity contribution is -0.184. The Bertz CT molecular complexity index is 530. The van der Waals surface area contributed by atoms with Crippen LogP contribution in [-0.2, 0) is 33.3 Å². The van der Waals surface area contributed by atoms with E-state index in [1.165, 1.54) is 20.8 Å². The molecule has 2 unspecified atom stereocenters. The van der Waals surface area contributed by atoms with Gasteiger partial charge in [-0.1, -0.05) is 0 Å². The van der Waals surface area contributed by atoms with E-state index < -0.39 is 36.2 Å². The number of aliphatic imine (C=N–C) groups is 1. The van der Waals surface area contributed by atoms with E-state index in [9.17, 15) is 14.4 Å². The zero-order valence-electron chi connectivity index (χ0n) is 13.6. The molecular weight excluding hydrogens is 306 g/mol. The molecule has 2 aliphatic rings. The van der Waals surface area contributed by atoms with Crippen LogP contribution in [0, 0.1) is 5.92 Å². The van der Waals surface area contributed by atoms with Crippen molar-refractivity contribution in [2.24, 2.45) is 10.9 Å². The molecule has 1 aliphatic heterocycles. The number of ether oxygens (including phenoxy) is 4. The van der Waals surface area contributed by atoms with Crippen LogP contribution in [0.4, 0.5) is 0 Å². The Morgan fingerprint density at radius 1 is 1.09 bits per heavy atom. The fourth-order valence-electron chi connectivity index (χ4n) is 3.05. The molecule has 0 aromatic rings. The first-order valence-electron chi connectivity index (χ1n) is 7.46. The van der Waals surface area contributed by atoms with Crippen LogP contribution in [0.25, 0.3) is 0 Å². The van der Waals surface area contributed by atoms with Crippen molar-refractivity contribution in [3.05, 3.63) is 0 Å². The molecule has 8 nitrogen and oxygen atoms in total. The standard InChI is InChI=1S/C15H21NO7/c1-7-16-13-12(21-7)5-11(6-20-8(2)17)14(22-9(3)18)15(13)23-10(4)19/h11-15H,5-6H2,1-4H3/t11?,12-,13+,14-,15?/m0/s1. The third-order valence-electron chi connectivity index (χ3n) is 3.80. The predicted molar refractivity (Wildman–Crippen MR) is 77.6 cm³/mol. The van der Waals surface area contributed by atoms with Crippen LogP contribution >= 0.6 is 0 Å². The van der Waals surface area contributed by atoms with Crippen molar-refractivity contribution in [2.45, 2.75) is 58.5 Å². The Kier molecular flexibility index (Phi) is 5.23. The summed E-state index contributed by atoms with van der Waals surface area (Å²) in [5, 5.41) is 0. The minimum atomic E-state index is -0.770. The molecule has 0 saturated heterocycles. The summed E-state index contributed by atoms with van der Waals surface area (Å²) in [4.78, 5) is 38.3. The van der Waals surface area contributed by atoms with Gasteiger partial charge in [-0.15, -0.1) is 0 Å². The molecule has 1 heterocycles. The van der Waals surface area contributed by atoms with Gasteiger partial charge in [0.1, 0.15) is 18.2 Å². The van der Waals surface area contributed by atoms with Gasteiger partial charge in [-0.05, 0) is 6.42 Å². The maximum Gasteiger partial charge on any atom is 0.303 e. The van der Waals surface area contributed by atoms with E-state index in [2.05, 4.69) is 4.99 Å². The van der Waals surface area contributed by atoms with E-state index in [1.807, 2.05) is 0 Å². The molecule has 5 atom stereocenters. The lowest BCUT2D eigenvalue weighted by Gasteiger charge is -2.40. The number of hydrogen-bond donors (Lipinski definition) is 0. The molecule has 0 spiro atoms. The minimum absolute atomic E-state index is 0.0523. The van der Waals surface area contributed by atoms with Crippen molar-refractivity contribution >= 4 is 23.8 Å². The minimum Gasteiger partial charge on any atom is -0.476 e. The number of carbonyl (C=O) groups excluding carboxylic acids is 3. The number of fused-ring (bicyclic) bond motifs is 1. The summed E-state index contributed by atoms with van der Waals surface area (Å²) < 4.78 is 21.4. The Balaban J connectivity index is 2.26. The molecule has 1 fully saturated rings. The molecule has 8 heteroatoms. The van der Waals surface area contributed by atoms with Crippen molar-refractivity contribution in [3.63, 3.8) is 0 Å². The molecule has 0 amide bonds. The topological polar surface area (TPSA) is 100 Å². The number of carbonyl (C=O) groups is 3. The highest BCUT2D eigenvalue weighted by Gasteiger charge is 2.52. The molecule has 1 saturated carbocycles. The van der Waals surface area contributed by atoms with Gasteiger partial charge in [-0.3, -0.25) is 14.4 Å². The summed E-state index contributed by atoms with van der Waals surface area (Å²) in [5.41, 5.74) is 0. The van der Waals surface area contributed by atoms with E-state index in [-0.39, 0.29) is 18.6 Å². The van der Waals surface area contributed by atoms with Crippen molar-refractivity contribution < 1.29 is 33.3 Å².